The minimum atomic E-state index is -0.517. The number of hydrogen-bond acceptors (Lipinski definition) is 7. The predicted molar refractivity (Wildman–Crippen MR) is 154 cm³/mol. The first-order chi connectivity index (χ1) is 19.1. The van der Waals surface area contributed by atoms with Crippen LogP contribution in [0.1, 0.15) is 11.1 Å². The van der Waals surface area contributed by atoms with E-state index in [4.69, 9.17) is 14.2 Å². The molecule has 0 aliphatic heterocycles. The molecule has 0 aliphatic carbocycles. The Morgan fingerprint density at radius 1 is 1.05 bits per heavy atom. The van der Waals surface area contributed by atoms with Crippen LogP contribution < -0.4 is 19.5 Å². The highest BCUT2D eigenvalue weighted by atomic mass is 32.1. The summed E-state index contributed by atoms with van der Waals surface area (Å²) in [6, 6.07) is 24.5. The first-order valence-corrected chi connectivity index (χ1v) is 13.0. The molecule has 1 heterocycles. The lowest BCUT2D eigenvalue weighted by molar-refractivity contribution is -0.112. The standard InChI is InChI=1S/C31H27N3O4S/c1-3-7-22-12-15-28(29(19-22)36-2)38-17-16-37-26-13-10-23(11-14-26)18-25(20-32)30(35)34-31-33-27(21-39-31)24-8-5-4-6-9-24/h3-6,8-15,18-19,21H,1,7,16-17H2,2H3,(H,33,34,35)/b25-18-. The van der Waals surface area contributed by atoms with E-state index in [2.05, 4.69) is 16.9 Å². The van der Waals surface area contributed by atoms with Crippen LogP contribution in [0, 0.1) is 11.3 Å². The number of nitriles is 1. The SMILES string of the molecule is C=CCc1ccc(OCCOc2ccc(/C=C(/C#N)C(=O)Nc3nc(-c4ccccc4)cs3)cc2)c(OC)c1. The van der Waals surface area contributed by atoms with Crippen molar-refractivity contribution in [2.75, 3.05) is 25.6 Å². The van der Waals surface area contributed by atoms with Gasteiger partial charge in [-0.3, -0.25) is 10.1 Å². The van der Waals surface area contributed by atoms with Gasteiger partial charge in [-0.05, 0) is 47.9 Å². The van der Waals surface area contributed by atoms with Crippen molar-refractivity contribution in [3.05, 3.63) is 108 Å². The number of nitrogens with zero attached hydrogens (tertiary/aromatic N) is 2. The maximum Gasteiger partial charge on any atom is 0.268 e. The van der Waals surface area contributed by atoms with E-state index >= 15 is 0 Å². The van der Waals surface area contributed by atoms with Crippen molar-refractivity contribution in [2.45, 2.75) is 6.42 Å². The second-order valence-corrected chi connectivity index (χ2v) is 9.13. The third-order valence-electron chi connectivity index (χ3n) is 5.57. The van der Waals surface area contributed by atoms with E-state index in [0.29, 0.717) is 41.2 Å². The summed E-state index contributed by atoms with van der Waals surface area (Å²) < 4.78 is 17.0. The van der Waals surface area contributed by atoms with Gasteiger partial charge < -0.3 is 14.2 Å². The van der Waals surface area contributed by atoms with E-state index in [1.807, 2.05) is 66.1 Å². The second-order valence-electron chi connectivity index (χ2n) is 8.27. The van der Waals surface area contributed by atoms with Crippen molar-refractivity contribution in [1.29, 1.82) is 5.26 Å². The zero-order valence-electron chi connectivity index (χ0n) is 21.4. The van der Waals surface area contributed by atoms with Crippen molar-refractivity contribution in [3.63, 3.8) is 0 Å². The number of nitrogens with one attached hydrogen (secondary N) is 1. The molecule has 8 heteroatoms. The molecule has 1 amide bonds. The molecular formula is C31H27N3O4S. The van der Waals surface area contributed by atoms with Gasteiger partial charge in [-0.2, -0.15) is 5.26 Å². The van der Waals surface area contributed by atoms with Crippen LogP contribution >= 0.6 is 11.3 Å². The molecule has 4 aromatic rings. The summed E-state index contributed by atoms with van der Waals surface area (Å²) in [5.74, 6) is 1.43. The molecule has 0 aliphatic rings. The molecule has 0 radical (unpaired) electrons. The minimum Gasteiger partial charge on any atom is -0.493 e. The molecule has 0 saturated heterocycles. The molecular weight excluding hydrogens is 510 g/mol. The number of hydrogen-bond donors (Lipinski definition) is 1. The normalized spacial score (nSPS) is 10.8. The van der Waals surface area contributed by atoms with E-state index in [9.17, 15) is 10.1 Å². The number of rotatable bonds is 12. The van der Waals surface area contributed by atoms with Gasteiger partial charge in [0, 0.05) is 10.9 Å². The Morgan fingerprint density at radius 3 is 2.54 bits per heavy atom. The molecule has 0 fully saturated rings. The van der Waals surface area contributed by atoms with Gasteiger partial charge in [0.05, 0.1) is 12.8 Å². The summed E-state index contributed by atoms with van der Waals surface area (Å²) in [4.78, 5) is 17.1. The number of thiazole rings is 1. The number of benzene rings is 3. The number of amides is 1. The molecule has 196 valence electrons. The Bertz CT molecular complexity index is 1490. The van der Waals surface area contributed by atoms with Crippen LogP contribution in [0.25, 0.3) is 17.3 Å². The third-order valence-corrected chi connectivity index (χ3v) is 6.33. The van der Waals surface area contributed by atoms with E-state index < -0.39 is 5.91 Å². The van der Waals surface area contributed by atoms with Crippen LogP contribution in [-0.4, -0.2) is 31.2 Å². The number of allylic oxidation sites excluding steroid dienone is 1. The number of carbonyl (C=O) groups is 1. The van der Waals surface area contributed by atoms with Crippen LogP contribution in [0.2, 0.25) is 0 Å². The summed E-state index contributed by atoms with van der Waals surface area (Å²) in [5.41, 5.74) is 3.48. The monoisotopic (exact) mass is 537 g/mol. The van der Waals surface area contributed by atoms with Gasteiger partial charge in [0.15, 0.2) is 16.6 Å². The number of anilines is 1. The van der Waals surface area contributed by atoms with E-state index in [1.165, 1.54) is 17.4 Å². The predicted octanol–water partition coefficient (Wildman–Crippen LogP) is 6.55. The topological polar surface area (TPSA) is 93.5 Å². The fourth-order valence-electron chi connectivity index (χ4n) is 3.65. The molecule has 0 atom stereocenters. The fourth-order valence-corrected chi connectivity index (χ4v) is 4.36. The second kappa shape index (κ2) is 13.6. The van der Waals surface area contributed by atoms with Gasteiger partial charge in [0.2, 0.25) is 0 Å². The summed E-state index contributed by atoms with van der Waals surface area (Å²) >= 11 is 1.30. The summed E-state index contributed by atoms with van der Waals surface area (Å²) in [7, 11) is 1.61. The smallest absolute Gasteiger partial charge is 0.268 e. The summed E-state index contributed by atoms with van der Waals surface area (Å²) in [6.07, 6.45) is 4.12. The van der Waals surface area contributed by atoms with E-state index in [-0.39, 0.29) is 5.57 Å². The van der Waals surface area contributed by atoms with Crippen LogP contribution in [0.3, 0.4) is 0 Å². The third kappa shape index (κ3) is 7.57. The first kappa shape index (κ1) is 27.2. The average Bonchev–Trinajstić information content (AvgIpc) is 3.44. The largest absolute Gasteiger partial charge is 0.493 e. The van der Waals surface area contributed by atoms with E-state index in [0.717, 1.165) is 23.2 Å². The maximum atomic E-state index is 12.7. The zero-order valence-corrected chi connectivity index (χ0v) is 22.2. The highest BCUT2D eigenvalue weighted by Gasteiger charge is 2.13. The number of aromatic nitrogens is 1. The van der Waals surface area contributed by atoms with E-state index in [1.54, 1.807) is 31.4 Å². The van der Waals surface area contributed by atoms with Gasteiger partial charge >= 0.3 is 0 Å². The first-order valence-electron chi connectivity index (χ1n) is 12.2. The van der Waals surface area contributed by atoms with Gasteiger partial charge in [-0.1, -0.05) is 54.6 Å². The number of carbonyl (C=O) groups excluding carboxylic acids is 1. The lowest BCUT2D eigenvalue weighted by Gasteiger charge is -2.12. The Kier molecular flexibility index (Phi) is 9.48. The van der Waals surface area contributed by atoms with Crippen LogP contribution in [0.5, 0.6) is 17.2 Å². The molecule has 4 rings (SSSR count). The molecule has 39 heavy (non-hydrogen) atoms. The Balaban J connectivity index is 1.29. The molecule has 3 aromatic carbocycles. The van der Waals surface area contributed by atoms with Crippen molar-refractivity contribution >= 4 is 28.5 Å². The lowest BCUT2D eigenvalue weighted by Crippen LogP contribution is -2.13. The Labute approximate surface area is 231 Å². The molecule has 1 aromatic heterocycles. The van der Waals surface area contributed by atoms with Crippen molar-refractivity contribution in [3.8, 4) is 34.6 Å². The highest BCUT2D eigenvalue weighted by molar-refractivity contribution is 7.14. The van der Waals surface area contributed by atoms with Gasteiger partial charge in [0.1, 0.15) is 30.6 Å². The molecule has 0 spiro atoms. The Hall–Kier alpha value is -4.87. The Morgan fingerprint density at radius 2 is 1.82 bits per heavy atom. The molecule has 0 unspecified atom stereocenters. The summed E-state index contributed by atoms with van der Waals surface area (Å²) in [5, 5.41) is 14.5. The maximum absolute atomic E-state index is 12.7. The van der Waals surface area contributed by atoms with Crippen molar-refractivity contribution in [2.24, 2.45) is 0 Å². The molecule has 1 N–H and O–H groups in total. The van der Waals surface area contributed by atoms with Crippen LogP contribution in [0.15, 0.2) is 96.4 Å². The molecule has 7 nitrogen and oxygen atoms in total. The lowest BCUT2D eigenvalue weighted by atomic mass is 10.1. The number of ether oxygens (including phenoxy) is 3. The number of methoxy groups -OCH3 is 1. The van der Waals surface area contributed by atoms with Gasteiger partial charge in [-0.15, -0.1) is 17.9 Å². The molecule has 0 bridgehead atoms. The van der Waals surface area contributed by atoms with Gasteiger partial charge in [0.25, 0.3) is 5.91 Å². The van der Waals surface area contributed by atoms with Crippen molar-refractivity contribution < 1.29 is 19.0 Å². The highest BCUT2D eigenvalue weighted by Crippen LogP contribution is 2.28. The van der Waals surface area contributed by atoms with Gasteiger partial charge in [-0.25, -0.2) is 4.98 Å². The zero-order chi connectivity index (χ0) is 27.5. The molecule has 0 saturated carbocycles. The average molecular weight is 538 g/mol. The summed E-state index contributed by atoms with van der Waals surface area (Å²) in [6.45, 7) is 4.42. The quantitative estimate of drug-likeness (QED) is 0.0953. The van der Waals surface area contributed by atoms with Crippen LogP contribution in [-0.2, 0) is 11.2 Å². The minimum absolute atomic E-state index is 0.0263. The van der Waals surface area contributed by atoms with Crippen molar-refractivity contribution in [1.82, 2.24) is 4.98 Å². The van der Waals surface area contributed by atoms with Crippen LogP contribution in [0.4, 0.5) is 5.13 Å². The fraction of sp³-hybridized carbons (Fsp3) is 0.129.